The van der Waals surface area contributed by atoms with E-state index in [1.165, 1.54) is 0 Å². The zero-order valence-electron chi connectivity index (χ0n) is 12.6. The number of aromatic nitrogens is 2. The summed E-state index contributed by atoms with van der Waals surface area (Å²) >= 11 is 0. The predicted molar refractivity (Wildman–Crippen MR) is 78.0 cm³/mol. The maximum Gasteiger partial charge on any atom is 0.232 e. The van der Waals surface area contributed by atoms with E-state index in [1.807, 2.05) is 4.90 Å². The minimum absolute atomic E-state index is 0.0442. The van der Waals surface area contributed by atoms with Crippen molar-refractivity contribution >= 4 is 11.8 Å². The molecule has 2 atom stereocenters. The third-order valence-corrected chi connectivity index (χ3v) is 4.21. The van der Waals surface area contributed by atoms with Crippen molar-refractivity contribution in [3.63, 3.8) is 0 Å². The van der Waals surface area contributed by atoms with Gasteiger partial charge in [0.25, 0.3) is 0 Å². The van der Waals surface area contributed by atoms with E-state index in [4.69, 9.17) is 4.74 Å². The van der Waals surface area contributed by atoms with Gasteiger partial charge in [-0.15, -0.1) is 0 Å². The lowest BCUT2D eigenvalue weighted by Crippen LogP contribution is -2.47. The van der Waals surface area contributed by atoms with Crippen molar-refractivity contribution in [3.05, 3.63) is 18.6 Å². The SMILES string of the molecule is CN1C[C@@H](C(=O)N2CCC[C@H](Oc3cnccn3)C2)CC1=O. The first-order valence-electron chi connectivity index (χ1n) is 7.59. The monoisotopic (exact) mass is 304 g/mol. The molecule has 118 valence electrons. The van der Waals surface area contributed by atoms with Gasteiger partial charge in [0.1, 0.15) is 6.10 Å². The first-order chi connectivity index (χ1) is 10.6. The largest absolute Gasteiger partial charge is 0.471 e. The number of piperidine rings is 1. The number of hydrogen-bond acceptors (Lipinski definition) is 5. The highest BCUT2D eigenvalue weighted by molar-refractivity contribution is 5.89. The van der Waals surface area contributed by atoms with E-state index < -0.39 is 0 Å². The Hall–Kier alpha value is -2.18. The molecule has 22 heavy (non-hydrogen) atoms. The van der Waals surface area contributed by atoms with Gasteiger partial charge in [-0.05, 0) is 12.8 Å². The second kappa shape index (κ2) is 6.29. The van der Waals surface area contributed by atoms with Crippen molar-refractivity contribution in [2.45, 2.75) is 25.4 Å². The molecule has 0 aliphatic carbocycles. The maximum absolute atomic E-state index is 12.6. The molecular weight excluding hydrogens is 284 g/mol. The third kappa shape index (κ3) is 3.18. The number of carbonyl (C=O) groups is 2. The molecule has 0 aromatic carbocycles. The van der Waals surface area contributed by atoms with Crippen LogP contribution in [0.4, 0.5) is 0 Å². The van der Waals surface area contributed by atoms with Crippen LogP contribution in [0.25, 0.3) is 0 Å². The molecule has 0 bridgehead atoms. The van der Waals surface area contributed by atoms with E-state index in [2.05, 4.69) is 9.97 Å². The molecule has 0 N–H and O–H groups in total. The molecule has 0 radical (unpaired) electrons. The van der Waals surface area contributed by atoms with Crippen LogP contribution in [0.5, 0.6) is 5.88 Å². The van der Waals surface area contributed by atoms with Crippen LogP contribution in [0.15, 0.2) is 18.6 Å². The van der Waals surface area contributed by atoms with Gasteiger partial charge in [-0.25, -0.2) is 4.98 Å². The van der Waals surface area contributed by atoms with Crippen LogP contribution in [0.1, 0.15) is 19.3 Å². The van der Waals surface area contributed by atoms with E-state index in [0.29, 0.717) is 25.4 Å². The Morgan fingerprint density at radius 3 is 2.91 bits per heavy atom. The van der Waals surface area contributed by atoms with Crippen molar-refractivity contribution in [1.82, 2.24) is 19.8 Å². The van der Waals surface area contributed by atoms with E-state index in [-0.39, 0.29) is 23.8 Å². The van der Waals surface area contributed by atoms with Crippen molar-refractivity contribution in [1.29, 1.82) is 0 Å². The highest BCUT2D eigenvalue weighted by Crippen LogP contribution is 2.22. The second-order valence-electron chi connectivity index (χ2n) is 5.89. The van der Waals surface area contributed by atoms with Crippen molar-refractivity contribution < 1.29 is 14.3 Å². The zero-order valence-corrected chi connectivity index (χ0v) is 12.6. The average Bonchev–Trinajstić information content (AvgIpc) is 2.87. The number of ether oxygens (including phenoxy) is 1. The first-order valence-corrected chi connectivity index (χ1v) is 7.59. The van der Waals surface area contributed by atoms with Crippen molar-refractivity contribution in [2.24, 2.45) is 5.92 Å². The number of carbonyl (C=O) groups excluding carboxylic acids is 2. The summed E-state index contributed by atoms with van der Waals surface area (Å²) in [6.45, 7) is 1.79. The molecule has 3 heterocycles. The number of rotatable bonds is 3. The standard InChI is InChI=1S/C15H20N4O3/c1-18-9-11(7-14(18)20)15(21)19-6-2-3-12(10-19)22-13-8-16-4-5-17-13/h4-5,8,11-12H,2-3,6-7,9-10H2,1H3/t11-,12-/m0/s1. The quantitative estimate of drug-likeness (QED) is 0.804. The maximum atomic E-state index is 12.6. The first kappa shape index (κ1) is 14.7. The minimum Gasteiger partial charge on any atom is -0.471 e. The molecule has 1 aromatic rings. The normalized spacial score (nSPS) is 25.4. The van der Waals surface area contributed by atoms with Gasteiger partial charge in [-0.2, -0.15) is 0 Å². The molecule has 2 amide bonds. The fraction of sp³-hybridized carbons (Fsp3) is 0.600. The summed E-state index contributed by atoms with van der Waals surface area (Å²) < 4.78 is 5.80. The summed E-state index contributed by atoms with van der Waals surface area (Å²) in [4.78, 5) is 35.7. The summed E-state index contributed by atoms with van der Waals surface area (Å²) in [5, 5.41) is 0. The van der Waals surface area contributed by atoms with Gasteiger partial charge < -0.3 is 14.5 Å². The predicted octanol–water partition coefficient (Wildman–Crippen LogP) is 0.325. The van der Waals surface area contributed by atoms with Gasteiger partial charge in [-0.3, -0.25) is 14.6 Å². The topological polar surface area (TPSA) is 75.6 Å². The number of hydrogen-bond donors (Lipinski definition) is 0. The third-order valence-electron chi connectivity index (χ3n) is 4.21. The number of amides is 2. The average molecular weight is 304 g/mol. The van der Waals surface area contributed by atoms with E-state index in [0.717, 1.165) is 19.4 Å². The number of nitrogens with zero attached hydrogens (tertiary/aromatic N) is 4. The van der Waals surface area contributed by atoms with Gasteiger partial charge in [0.15, 0.2) is 0 Å². The second-order valence-corrected chi connectivity index (χ2v) is 5.89. The lowest BCUT2D eigenvalue weighted by atomic mass is 10.0. The Bertz CT molecular complexity index is 551. The molecule has 0 unspecified atom stereocenters. The molecular formula is C15H20N4O3. The lowest BCUT2D eigenvalue weighted by molar-refractivity contribution is -0.138. The van der Waals surface area contributed by atoms with E-state index in [9.17, 15) is 9.59 Å². The Labute approximate surface area is 129 Å². The van der Waals surface area contributed by atoms with Crippen molar-refractivity contribution in [2.75, 3.05) is 26.7 Å². The van der Waals surface area contributed by atoms with Gasteiger partial charge in [0, 0.05) is 39.0 Å². The summed E-state index contributed by atoms with van der Waals surface area (Å²) in [5.74, 6) is 0.373. The molecule has 7 heteroatoms. The minimum atomic E-state index is -0.215. The van der Waals surface area contributed by atoms with Gasteiger partial charge in [-0.1, -0.05) is 0 Å². The summed E-state index contributed by atoms with van der Waals surface area (Å²) in [7, 11) is 1.74. The number of likely N-dealkylation sites (tertiary alicyclic amines) is 2. The highest BCUT2D eigenvalue weighted by atomic mass is 16.5. The van der Waals surface area contributed by atoms with Gasteiger partial charge in [0.2, 0.25) is 17.7 Å². The van der Waals surface area contributed by atoms with Gasteiger partial charge >= 0.3 is 0 Å². The summed E-state index contributed by atoms with van der Waals surface area (Å²) in [6, 6.07) is 0. The van der Waals surface area contributed by atoms with E-state index in [1.54, 1.807) is 30.5 Å². The molecule has 0 saturated carbocycles. The Morgan fingerprint density at radius 2 is 2.23 bits per heavy atom. The van der Waals surface area contributed by atoms with Crippen LogP contribution in [0.3, 0.4) is 0 Å². The molecule has 2 fully saturated rings. The van der Waals surface area contributed by atoms with Crippen LogP contribution in [0, 0.1) is 5.92 Å². The highest BCUT2D eigenvalue weighted by Gasteiger charge is 2.36. The van der Waals surface area contributed by atoms with E-state index >= 15 is 0 Å². The Morgan fingerprint density at radius 1 is 1.36 bits per heavy atom. The molecule has 2 aliphatic rings. The van der Waals surface area contributed by atoms with Crippen LogP contribution >= 0.6 is 0 Å². The molecule has 7 nitrogen and oxygen atoms in total. The smallest absolute Gasteiger partial charge is 0.232 e. The van der Waals surface area contributed by atoms with Crippen LogP contribution in [0.2, 0.25) is 0 Å². The fourth-order valence-corrected chi connectivity index (χ4v) is 3.04. The van der Waals surface area contributed by atoms with Crippen LogP contribution in [-0.4, -0.2) is 64.4 Å². The fourth-order valence-electron chi connectivity index (χ4n) is 3.04. The molecule has 1 aromatic heterocycles. The molecule has 2 aliphatic heterocycles. The summed E-state index contributed by atoms with van der Waals surface area (Å²) in [6.07, 6.45) is 6.80. The lowest BCUT2D eigenvalue weighted by Gasteiger charge is -2.33. The molecule has 3 rings (SSSR count). The van der Waals surface area contributed by atoms with Crippen molar-refractivity contribution in [3.8, 4) is 5.88 Å². The summed E-state index contributed by atoms with van der Waals surface area (Å²) in [5.41, 5.74) is 0. The molecule has 2 saturated heterocycles. The Kier molecular flexibility index (Phi) is 4.22. The zero-order chi connectivity index (χ0) is 15.5. The van der Waals surface area contributed by atoms with Crippen LogP contribution < -0.4 is 4.74 Å². The Balaban J connectivity index is 1.58. The van der Waals surface area contributed by atoms with Gasteiger partial charge in [0.05, 0.1) is 18.7 Å². The van der Waals surface area contributed by atoms with Crippen LogP contribution in [-0.2, 0) is 9.59 Å². The molecule has 0 spiro atoms.